The van der Waals surface area contributed by atoms with E-state index in [0.717, 1.165) is 5.56 Å². The quantitative estimate of drug-likeness (QED) is 0.577. The van der Waals surface area contributed by atoms with Crippen molar-refractivity contribution in [2.24, 2.45) is 5.41 Å². The maximum atomic E-state index is 14.0. The van der Waals surface area contributed by atoms with Crippen LogP contribution in [0, 0.1) is 5.41 Å². The molecule has 0 unspecified atom stereocenters. The monoisotopic (exact) mass is 583 g/mol. The number of fused-ring (bicyclic) bond motifs is 3. The SMILES string of the molecule is CN1CCC[C@H](NC(=O)CC(C)(C)C)C(=O)N2C[C@@H](OCc3ccccc3)C[C@H]2CS(=O)(=O)c2cccc(c2)C1=O. The lowest BCUT2D eigenvalue weighted by Crippen LogP contribution is -2.52. The first kappa shape index (κ1) is 30.7. The summed E-state index contributed by atoms with van der Waals surface area (Å²) in [5.41, 5.74) is 1.01. The number of benzene rings is 2. The van der Waals surface area contributed by atoms with Gasteiger partial charge in [0.15, 0.2) is 9.84 Å². The number of nitrogens with one attached hydrogen (secondary N) is 1. The highest BCUT2D eigenvalue weighted by Crippen LogP contribution is 2.28. The first-order valence-corrected chi connectivity index (χ1v) is 15.8. The fraction of sp³-hybridized carbons (Fsp3) is 0.516. The number of hydrogen-bond acceptors (Lipinski definition) is 6. The molecule has 0 aromatic heterocycles. The van der Waals surface area contributed by atoms with Crippen LogP contribution in [-0.2, 0) is 30.8 Å². The molecular weight excluding hydrogens is 542 g/mol. The highest BCUT2D eigenvalue weighted by Gasteiger charge is 2.41. The summed E-state index contributed by atoms with van der Waals surface area (Å²) in [6.07, 6.45) is 1.03. The van der Waals surface area contributed by atoms with Crippen molar-refractivity contribution in [3.8, 4) is 0 Å². The van der Waals surface area contributed by atoms with Gasteiger partial charge in [0, 0.05) is 38.2 Å². The number of hydrogen-bond donors (Lipinski definition) is 1. The number of sulfone groups is 1. The van der Waals surface area contributed by atoms with Gasteiger partial charge < -0.3 is 19.9 Å². The standard InChI is InChI=1S/C31H41N3O6S/c1-31(2,3)18-28(35)32-27-14-9-15-33(4)29(36)23-12-8-13-26(16-23)41(38,39)21-24-17-25(19-34(24)30(27)37)40-20-22-10-6-5-7-11-22/h5-8,10-13,16,24-25,27H,9,14-15,17-21H2,1-4H3,(H,32,35)/t24-,25-,27-/m0/s1. The Kier molecular flexibility index (Phi) is 9.54. The van der Waals surface area contributed by atoms with Crippen LogP contribution in [0.15, 0.2) is 59.5 Å². The van der Waals surface area contributed by atoms with Crippen LogP contribution in [0.5, 0.6) is 0 Å². The number of amides is 3. The number of ether oxygens (including phenoxy) is 1. The van der Waals surface area contributed by atoms with Crippen molar-refractivity contribution in [2.45, 2.75) is 76.1 Å². The minimum atomic E-state index is -3.85. The summed E-state index contributed by atoms with van der Waals surface area (Å²) >= 11 is 0. The van der Waals surface area contributed by atoms with E-state index < -0.39 is 21.9 Å². The third kappa shape index (κ3) is 8.16. The summed E-state index contributed by atoms with van der Waals surface area (Å²) in [4.78, 5) is 43.2. The fourth-order valence-corrected chi connectivity index (χ4v) is 7.03. The van der Waals surface area contributed by atoms with Crippen molar-refractivity contribution in [1.82, 2.24) is 15.1 Å². The Hall–Kier alpha value is -3.24. The molecule has 2 heterocycles. The molecule has 1 fully saturated rings. The van der Waals surface area contributed by atoms with Gasteiger partial charge in [-0.1, -0.05) is 57.2 Å². The fourth-order valence-electron chi connectivity index (χ4n) is 5.42. The van der Waals surface area contributed by atoms with Gasteiger partial charge in [0.1, 0.15) is 6.04 Å². The molecule has 0 saturated carbocycles. The van der Waals surface area contributed by atoms with Crippen molar-refractivity contribution in [3.63, 3.8) is 0 Å². The Bertz CT molecular complexity index is 1360. The van der Waals surface area contributed by atoms with E-state index in [-0.39, 0.29) is 52.9 Å². The van der Waals surface area contributed by atoms with Crippen LogP contribution < -0.4 is 5.32 Å². The van der Waals surface area contributed by atoms with E-state index in [9.17, 15) is 22.8 Å². The molecule has 3 amide bonds. The maximum absolute atomic E-state index is 14.0. The topological polar surface area (TPSA) is 113 Å². The molecule has 2 aliphatic heterocycles. The summed E-state index contributed by atoms with van der Waals surface area (Å²) < 4.78 is 33.4. The highest BCUT2D eigenvalue weighted by molar-refractivity contribution is 7.91. The number of nitrogens with zero attached hydrogens (tertiary/aromatic N) is 2. The van der Waals surface area contributed by atoms with Gasteiger partial charge in [0.2, 0.25) is 11.8 Å². The molecule has 222 valence electrons. The smallest absolute Gasteiger partial charge is 0.253 e. The molecule has 2 aliphatic rings. The zero-order valence-electron chi connectivity index (χ0n) is 24.3. The van der Waals surface area contributed by atoms with E-state index in [1.807, 2.05) is 51.1 Å². The van der Waals surface area contributed by atoms with E-state index >= 15 is 0 Å². The van der Waals surface area contributed by atoms with Crippen LogP contribution in [0.4, 0.5) is 0 Å². The third-order valence-corrected chi connectivity index (χ3v) is 9.29. The van der Waals surface area contributed by atoms with Crippen molar-refractivity contribution < 1.29 is 27.5 Å². The molecule has 3 atom stereocenters. The lowest BCUT2D eigenvalue weighted by atomic mass is 9.91. The maximum Gasteiger partial charge on any atom is 0.253 e. The van der Waals surface area contributed by atoms with Crippen LogP contribution in [0.3, 0.4) is 0 Å². The molecule has 1 saturated heterocycles. The first-order chi connectivity index (χ1) is 19.3. The van der Waals surface area contributed by atoms with E-state index in [2.05, 4.69) is 5.32 Å². The van der Waals surface area contributed by atoms with Crippen LogP contribution >= 0.6 is 0 Å². The molecule has 0 aliphatic carbocycles. The lowest BCUT2D eigenvalue weighted by Gasteiger charge is -2.30. The van der Waals surface area contributed by atoms with Crippen LogP contribution in [0.2, 0.25) is 0 Å². The minimum Gasteiger partial charge on any atom is -0.372 e. The minimum absolute atomic E-state index is 0.0462. The Morgan fingerprint density at radius 2 is 1.80 bits per heavy atom. The molecule has 1 N–H and O–H groups in total. The molecule has 10 heteroatoms. The van der Waals surface area contributed by atoms with Crippen molar-refractivity contribution in [1.29, 1.82) is 0 Å². The highest BCUT2D eigenvalue weighted by atomic mass is 32.2. The van der Waals surface area contributed by atoms with Gasteiger partial charge in [-0.3, -0.25) is 14.4 Å². The molecule has 0 spiro atoms. The summed E-state index contributed by atoms with van der Waals surface area (Å²) in [6.45, 7) is 6.78. The first-order valence-electron chi connectivity index (χ1n) is 14.2. The van der Waals surface area contributed by atoms with E-state index in [4.69, 9.17) is 4.74 Å². The molecule has 0 radical (unpaired) electrons. The molecule has 2 aromatic rings. The van der Waals surface area contributed by atoms with Gasteiger partial charge in [0.05, 0.1) is 23.4 Å². The molecule has 2 aromatic carbocycles. The molecular formula is C31H41N3O6S. The summed E-state index contributed by atoms with van der Waals surface area (Å²) in [5.74, 6) is -1.16. The van der Waals surface area contributed by atoms with Crippen molar-refractivity contribution in [2.75, 3.05) is 25.9 Å². The van der Waals surface area contributed by atoms with Gasteiger partial charge in [-0.15, -0.1) is 0 Å². The molecule has 2 bridgehead atoms. The van der Waals surface area contributed by atoms with Crippen molar-refractivity contribution >= 4 is 27.6 Å². The van der Waals surface area contributed by atoms with Crippen LogP contribution in [0.1, 0.15) is 62.4 Å². The van der Waals surface area contributed by atoms with Gasteiger partial charge in [-0.25, -0.2) is 8.42 Å². The normalized spacial score (nSPS) is 23.6. The van der Waals surface area contributed by atoms with Gasteiger partial charge >= 0.3 is 0 Å². The van der Waals surface area contributed by atoms with E-state index in [0.29, 0.717) is 38.0 Å². The average Bonchev–Trinajstić information content (AvgIpc) is 3.31. The molecule has 41 heavy (non-hydrogen) atoms. The van der Waals surface area contributed by atoms with Crippen LogP contribution in [-0.4, -0.2) is 80.0 Å². The van der Waals surface area contributed by atoms with Crippen LogP contribution in [0.25, 0.3) is 0 Å². The molecule has 4 rings (SSSR count). The second kappa shape index (κ2) is 12.7. The Balaban J connectivity index is 1.64. The van der Waals surface area contributed by atoms with Gasteiger partial charge in [0.25, 0.3) is 5.91 Å². The average molecular weight is 584 g/mol. The third-order valence-electron chi connectivity index (χ3n) is 7.50. The molecule has 9 nitrogen and oxygen atoms in total. The zero-order chi connectivity index (χ0) is 29.8. The Labute approximate surface area is 243 Å². The van der Waals surface area contributed by atoms with Gasteiger partial charge in [-0.05, 0) is 48.4 Å². The zero-order valence-corrected chi connectivity index (χ0v) is 25.2. The number of carbonyl (C=O) groups is 3. The Morgan fingerprint density at radius 1 is 1.07 bits per heavy atom. The summed E-state index contributed by atoms with van der Waals surface area (Å²) in [6, 6.07) is 14.3. The summed E-state index contributed by atoms with van der Waals surface area (Å²) in [7, 11) is -2.20. The predicted octanol–water partition coefficient (Wildman–Crippen LogP) is 3.43. The number of carbonyl (C=O) groups excluding carboxylic acids is 3. The summed E-state index contributed by atoms with van der Waals surface area (Å²) in [5, 5.41) is 2.92. The lowest BCUT2D eigenvalue weighted by molar-refractivity contribution is -0.138. The number of rotatable bonds is 5. The van der Waals surface area contributed by atoms with E-state index in [1.165, 1.54) is 17.0 Å². The Morgan fingerprint density at radius 3 is 2.51 bits per heavy atom. The predicted molar refractivity (Wildman–Crippen MR) is 156 cm³/mol. The van der Waals surface area contributed by atoms with E-state index in [1.54, 1.807) is 24.1 Å². The van der Waals surface area contributed by atoms with Crippen molar-refractivity contribution in [3.05, 3.63) is 65.7 Å². The second-order valence-electron chi connectivity index (χ2n) is 12.3. The largest absolute Gasteiger partial charge is 0.372 e. The van der Waals surface area contributed by atoms with Gasteiger partial charge in [-0.2, -0.15) is 0 Å². The second-order valence-corrected chi connectivity index (χ2v) is 14.4.